The van der Waals surface area contributed by atoms with E-state index in [4.69, 9.17) is 4.74 Å². The molecule has 3 heterocycles. The van der Waals surface area contributed by atoms with Gasteiger partial charge < -0.3 is 10.1 Å². The van der Waals surface area contributed by atoms with Gasteiger partial charge in [0, 0.05) is 29.3 Å². The second kappa shape index (κ2) is 6.28. The summed E-state index contributed by atoms with van der Waals surface area (Å²) < 4.78 is 45.3. The van der Waals surface area contributed by atoms with Gasteiger partial charge in [-0.2, -0.15) is 18.3 Å². The molecule has 0 bridgehead atoms. The summed E-state index contributed by atoms with van der Waals surface area (Å²) in [5.74, 6) is -0.411. The first-order valence-corrected chi connectivity index (χ1v) is 7.71. The minimum Gasteiger partial charge on any atom is -0.376 e. The molecule has 0 saturated heterocycles. The number of ether oxygens (including phenoxy) is 1. The van der Waals surface area contributed by atoms with Gasteiger partial charge in [-0.3, -0.25) is 9.48 Å². The van der Waals surface area contributed by atoms with Crippen molar-refractivity contribution in [1.29, 1.82) is 0 Å². The highest BCUT2D eigenvalue weighted by Gasteiger charge is 2.40. The van der Waals surface area contributed by atoms with Gasteiger partial charge in [-0.1, -0.05) is 0 Å². The number of fused-ring (bicyclic) bond motifs is 1. The summed E-state index contributed by atoms with van der Waals surface area (Å²) in [6, 6.07) is 0. The highest BCUT2D eigenvalue weighted by molar-refractivity contribution is 7.09. The maximum absolute atomic E-state index is 13.0. The van der Waals surface area contributed by atoms with Crippen molar-refractivity contribution in [2.75, 3.05) is 6.61 Å². The Labute approximate surface area is 133 Å². The molecule has 0 atom stereocenters. The third-order valence-corrected chi connectivity index (χ3v) is 4.16. The van der Waals surface area contributed by atoms with Gasteiger partial charge in [-0.25, -0.2) is 4.98 Å². The zero-order valence-electron chi connectivity index (χ0n) is 11.9. The Morgan fingerprint density at radius 1 is 1.48 bits per heavy atom. The number of carbonyl (C=O) groups is 1. The minimum absolute atomic E-state index is 0.0245. The van der Waals surface area contributed by atoms with E-state index in [1.54, 1.807) is 11.6 Å². The standard InChI is InChI=1S/C13H13F3N4O2S/c14-13(15,16)12-8-7-22-3-1-9(8)20(19-12)6-10(21)18-5-11-17-2-4-23-11/h2,4H,1,3,5-7H2,(H,18,21). The normalized spacial score (nSPS) is 14.6. The minimum atomic E-state index is -4.56. The van der Waals surface area contributed by atoms with Crippen molar-refractivity contribution in [3.8, 4) is 0 Å². The summed E-state index contributed by atoms with van der Waals surface area (Å²) in [5, 5.41) is 8.72. The zero-order chi connectivity index (χ0) is 16.4. The molecule has 0 aliphatic carbocycles. The summed E-state index contributed by atoms with van der Waals surface area (Å²) in [6.07, 6.45) is -2.64. The van der Waals surface area contributed by atoms with Crippen LogP contribution in [0.25, 0.3) is 0 Å². The number of aromatic nitrogens is 3. The SMILES string of the molecule is O=C(Cn1nc(C(F)(F)F)c2c1CCOC2)NCc1nccs1. The van der Waals surface area contributed by atoms with Crippen LogP contribution in [0.2, 0.25) is 0 Å². The van der Waals surface area contributed by atoms with Gasteiger partial charge in [0.05, 0.1) is 19.8 Å². The molecule has 3 rings (SSSR count). The van der Waals surface area contributed by atoms with E-state index in [0.717, 1.165) is 9.69 Å². The molecule has 2 aromatic rings. The van der Waals surface area contributed by atoms with E-state index in [1.165, 1.54) is 11.3 Å². The number of carbonyl (C=O) groups excluding carboxylic acids is 1. The number of nitrogens with one attached hydrogen (secondary N) is 1. The Morgan fingerprint density at radius 2 is 2.30 bits per heavy atom. The lowest BCUT2D eigenvalue weighted by atomic mass is 10.1. The fourth-order valence-corrected chi connectivity index (χ4v) is 2.93. The summed E-state index contributed by atoms with van der Waals surface area (Å²) in [6.45, 7) is 0.167. The average molecular weight is 346 g/mol. The third-order valence-electron chi connectivity index (χ3n) is 3.38. The average Bonchev–Trinajstić information content (AvgIpc) is 3.13. The molecule has 1 aliphatic rings. The number of rotatable bonds is 4. The van der Waals surface area contributed by atoms with Crippen molar-refractivity contribution in [1.82, 2.24) is 20.1 Å². The van der Waals surface area contributed by atoms with Crippen molar-refractivity contribution >= 4 is 17.2 Å². The Balaban J connectivity index is 1.74. The quantitative estimate of drug-likeness (QED) is 0.916. The van der Waals surface area contributed by atoms with Crippen molar-refractivity contribution in [3.63, 3.8) is 0 Å². The van der Waals surface area contributed by atoms with E-state index in [-0.39, 0.29) is 25.3 Å². The first-order chi connectivity index (χ1) is 10.9. The van der Waals surface area contributed by atoms with Crippen LogP contribution in [0, 0.1) is 0 Å². The van der Waals surface area contributed by atoms with Crippen LogP contribution in [-0.4, -0.2) is 27.3 Å². The third kappa shape index (κ3) is 3.53. The Morgan fingerprint density at radius 3 is 3.00 bits per heavy atom. The summed E-state index contributed by atoms with van der Waals surface area (Å²) >= 11 is 1.39. The smallest absolute Gasteiger partial charge is 0.376 e. The van der Waals surface area contributed by atoms with Crippen LogP contribution in [0.5, 0.6) is 0 Å². The zero-order valence-corrected chi connectivity index (χ0v) is 12.7. The fourth-order valence-electron chi connectivity index (χ4n) is 2.37. The number of nitrogens with zero attached hydrogens (tertiary/aromatic N) is 3. The van der Waals surface area contributed by atoms with Gasteiger partial charge in [0.1, 0.15) is 11.6 Å². The molecule has 0 unspecified atom stereocenters. The molecule has 0 aromatic carbocycles. The first-order valence-electron chi connectivity index (χ1n) is 6.83. The molecule has 0 spiro atoms. The molecule has 1 amide bonds. The van der Waals surface area contributed by atoms with E-state index in [9.17, 15) is 18.0 Å². The van der Waals surface area contributed by atoms with Crippen LogP contribution in [0.1, 0.15) is 22.0 Å². The Kier molecular flexibility index (Phi) is 4.35. The van der Waals surface area contributed by atoms with Gasteiger partial charge >= 0.3 is 6.18 Å². The fraction of sp³-hybridized carbons (Fsp3) is 0.462. The summed E-state index contributed by atoms with van der Waals surface area (Å²) in [4.78, 5) is 16.0. The Hall–Kier alpha value is -1.94. The highest BCUT2D eigenvalue weighted by atomic mass is 32.1. The molecule has 1 N–H and O–H groups in total. The number of thiazole rings is 1. The van der Waals surface area contributed by atoms with Gasteiger partial charge in [-0.05, 0) is 0 Å². The molecular formula is C13H13F3N4O2S. The highest BCUT2D eigenvalue weighted by Crippen LogP contribution is 2.34. The lowest BCUT2D eigenvalue weighted by Crippen LogP contribution is -2.28. The van der Waals surface area contributed by atoms with E-state index in [1.807, 2.05) is 0 Å². The van der Waals surface area contributed by atoms with Crippen LogP contribution in [0.4, 0.5) is 13.2 Å². The predicted molar refractivity (Wildman–Crippen MR) is 74.5 cm³/mol. The maximum Gasteiger partial charge on any atom is 0.435 e. The van der Waals surface area contributed by atoms with Crippen LogP contribution >= 0.6 is 11.3 Å². The largest absolute Gasteiger partial charge is 0.435 e. The second-order valence-corrected chi connectivity index (χ2v) is 5.91. The molecule has 0 fully saturated rings. The van der Waals surface area contributed by atoms with Crippen molar-refractivity contribution < 1.29 is 22.7 Å². The van der Waals surface area contributed by atoms with Crippen molar-refractivity contribution in [2.45, 2.75) is 32.3 Å². The predicted octanol–water partition coefficient (Wildman–Crippen LogP) is 1.75. The van der Waals surface area contributed by atoms with Crippen LogP contribution in [-0.2, 0) is 41.8 Å². The molecule has 2 aromatic heterocycles. The van der Waals surface area contributed by atoms with Gasteiger partial charge in [0.2, 0.25) is 5.91 Å². The molecule has 0 radical (unpaired) electrons. The van der Waals surface area contributed by atoms with Crippen LogP contribution in [0.3, 0.4) is 0 Å². The van der Waals surface area contributed by atoms with Gasteiger partial charge in [-0.15, -0.1) is 11.3 Å². The molecule has 23 heavy (non-hydrogen) atoms. The van der Waals surface area contributed by atoms with Gasteiger partial charge in [0.25, 0.3) is 0 Å². The molecule has 10 heteroatoms. The van der Waals surface area contributed by atoms with Crippen molar-refractivity contribution in [2.24, 2.45) is 0 Å². The molecule has 6 nitrogen and oxygen atoms in total. The molecule has 1 aliphatic heterocycles. The van der Waals surface area contributed by atoms with E-state index >= 15 is 0 Å². The first kappa shape index (κ1) is 15.9. The number of halogens is 3. The van der Waals surface area contributed by atoms with E-state index in [0.29, 0.717) is 18.7 Å². The second-order valence-electron chi connectivity index (χ2n) is 4.93. The summed E-state index contributed by atoms with van der Waals surface area (Å²) in [7, 11) is 0. The van der Waals surface area contributed by atoms with Gasteiger partial charge in [0.15, 0.2) is 5.69 Å². The van der Waals surface area contributed by atoms with Crippen LogP contribution in [0.15, 0.2) is 11.6 Å². The molecule has 124 valence electrons. The lowest BCUT2D eigenvalue weighted by molar-refractivity contribution is -0.143. The van der Waals surface area contributed by atoms with E-state index in [2.05, 4.69) is 15.4 Å². The maximum atomic E-state index is 13.0. The summed E-state index contributed by atoms with van der Waals surface area (Å²) in [5.41, 5.74) is -0.538. The number of hydrogen-bond acceptors (Lipinski definition) is 5. The van der Waals surface area contributed by atoms with E-state index < -0.39 is 17.8 Å². The number of alkyl halides is 3. The topological polar surface area (TPSA) is 69.0 Å². The molecule has 0 saturated carbocycles. The van der Waals surface area contributed by atoms with Crippen molar-refractivity contribution in [3.05, 3.63) is 33.5 Å². The number of hydrogen-bond donors (Lipinski definition) is 1. The van der Waals surface area contributed by atoms with Crippen LogP contribution < -0.4 is 5.32 Å². The lowest BCUT2D eigenvalue weighted by Gasteiger charge is -2.15. The number of amides is 1. The molecular weight excluding hydrogens is 333 g/mol. The Bertz CT molecular complexity index is 697. The monoisotopic (exact) mass is 346 g/mol.